The summed E-state index contributed by atoms with van der Waals surface area (Å²) in [4.78, 5) is 11.2. The van der Waals surface area contributed by atoms with Gasteiger partial charge in [0.25, 0.3) is 0 Å². The predicted octanol–water partition coefficient (Wildman–Crippen LogP) is 3.80. The molecule has 0 bridgehead atoms. The highest BCUT2D eigenvalue weighted by atomic mass is 35.5. The van der Waals surface area contributed by atoms with Gasteiger partial charge in [0.1, 0.15) is 11.3 Å². The van der Waals surface area contributed by atoms with Crippen LogP contribution in [-0.2, 0) is 0 Å². The number of benzene rings is 1. The van der Waals surface area contributed by atoms with E-state index in [0.29, 0.717) is 5.69 Å². The van der Waals surface area contributed by atoms with E-state index in [4.69, 9.17) is 21.1 Å². The van der Waals surface area contributed by atoms with Crippen LogP contribution in [-0.4, -0.2) is 11.1 Å². The molecule has 2 aromatic rings. The SMILES string of the molecule is CC(Nc1cccc(Cl)c1C(=O)O)c1ccco1. The van der Waals surface area contributed by atoms with Crippen LogP contribution in [0.2, 0.25) is 5.02 Å². The molecule has 0 aliphatic rings. The van der Waals surface area contributed by atoms with Crippen molar-refractivity contribution in [2.24, 2.45) is 0 Å². The number of carboxylic acids is 1. The van der Waals surface area contributed by atoms with Crippen LogP contribution in [0.15, 0.2) is 41.0 Å². The highest BCUT2D eigenvalue weighted by Crippen LogP contribution is 2.27. The molecule has 0 fully saturated rings. The van der Waals surface area contributed by atoms with E-state index in [-0.39, 0.29) is 16.6 Å². The maximum atomic E-state index is 11.2. The highest BCUT2D eigenvalue weighted by molar-refractivity contribution is 6.34. The molecular formula is C13H12ClNO3. The van der Waals surface area contributed by atoms with E-state index in [2.05, 4.69) is 5.32 Å². The van der Waals surface area contributed by atoms with E-state index in [1.165, 1.54) is 0 Å². The fraction of sp³-hybridized carbons (Fsp3) is 0.154. The largest absolute Gasteiger partial charge is 0.478 e. The van der Waals surface area contributed by atoms with E-state index in [1.54, 1.807) is 30.5 Å². The molecule has 0 amide bonds. The maximum Gasteiger partial charge on any atom is 0.339 e. The number of aromatic carboxylic acids is 1. The first-order valence-corrected chi connectivity index (χ1v) is 5.79. The predicted molar refractivity (Wildman–Crippen MR) is 69.2 cm³/mol. The fourth-order valence-corrected chi connectivity index (χ4v) is 1.96. The van der Waals surface area contributed by atoms with Gasteiger partial charge in [-0.3, -0.25) is 0 Å². The van der Waals surface area contributed by atoms with Crippen molar-refractivity contribution in [2.75, 3.05) is 5.32 Å². The zero-order valence-corrected chi connectivity index (χ0v) is 10.4. The van der Waals surface area contributed by atoms with E-state index < -0.39 is 5.97 Å². The van der Waals surface area contributed by atoms with Crippen molar-refractivity contribution in [2.45, 2.75) is 13.0 Å². The molecule has 1 aromatic heterocycles. The van der Waals surface area contributed by atoms with Crippen LogP contribution >= 0.6 is 11.6 Å². The van der Waals surface area contributed by atoms with Crippen molar-refractivity contribution in [3.63, 3.8) is 0 Å². The zero-order chi connectivity index (χ0) is 13.1. The van der Waals surface area contributed by atoms with Crippen LogP contribution in [0.3, 0.4) is 0 Å². The van der Waals surface area contributed by atoms with Crippen LogP contribution in [0.5, 0.6) is 0 Å². The number of halogens is 1. The minimum Gasteiger partial charge on any atom is -0.478 e. The van der Waals surface area contributed by atoms with Gasteiger partial charge in [-0.1, -0.05) is 17.7 Å². The van der Waals surface area contributed by atoms with Gasteiger partial charge in [0.15, 0.2) is 0 Å². The van der Waals surface area contributed by atoms with E-state index in [0.717, 1.165) is 5.76 Å². The van der Waals surface area contributed by atoms with Gasteiger partial charge in [-0.15, -0.1) is 0 Å². The number of nitrogens with one attached hydrogen (secondary N) is 1. The second-order valence-corrected chi connectivity index (χ2v) is 4.26. The molecule has 18 heavy (non-hydrogen) atoms. The Hall–Kier alpha value is -1.94. The van der Waals surface area contributed by atoms with Crippen molar-refractivity contribution < 1.29 is 14.3 Å². The Kier molecular flexibility index (Phi) is 3.58. The number of hydrogen-bond donors (Lipinski definition) is 2. The summed E-state index contributed by atoms with van der Waals surface area (Å²) in [6.45, 7) is 1.88. The topological polar surface area (TPSA) is 62.5 Å². The van der Waals surface area contributed by atoms with Gasteiger partial charge in [-0.05, 0) is 31.2 Å². The Morgan fingerprint density at radius 1 is 1.39 bits per heavy atom. The molecule has 2 rings (SSSR count). The quantitative estimate of drug-likeness (QED) is 0.882. The molecule has 1 unspecified atom stereocenters. The van der Waals surface area contributed by atoms with Gasteiger partial charge in [-0.25, -0.2) is 4.79 Å². The van der Waals surface area contributed by atoms with Crippen LogP contribution in [0.25, 0.3) is 0 Å². The molecule has 0 aliphatic heterocycles. The standard InChI is InChI=1S/C13H12ClNO3/c1-8(11-6-3-7-18-11)15-10-5-2-4-9(14)12(10)13(16)17/h2-8,15H,1H3,(H,16,17). The molecule has 0 saturated carbocycles. The molecule has 1 aromatic carbocycles. The number of carboxylic acid groups (broad SMARTS) is 1. The monoisotopic (exact) mass is 265 g/mol. The lowest BCUT2D eigenvalue weighted by Crippen LogP contribution is -2.10. The third-order valence-corrected chi connectivity index (χ3v) is 2.88. The van der Waals surface area contributed by atoms with Crippen molar-refractivity contribution in [3.8, 4) is 0 Å². The first-order chi connectivity index (χ1) is 8.59. The second-order valence-electron chi connectivity index (χ2n) is 3.85. The molecule has 0 radical (unpaired) electrons. The van der Waals surface area contributed by atoms with Gasteiger partial charge in [0.05, 0.1) is 23.0 Å². The first-order valence-electron chi connectivity index (χ1n) is 5.41. The lowest BCUT2D eigenvalue weighted by Gasteiger charge is -2.15. The molecule has 0 aliphatic carbocycles. The van der Waals surface area contributed by atoms with E-state index >= 15 is 0 Å². The Balaban J connectivity index is 2.29. The number of hydrogen-bond acceptors (Lipinski definition) is 3. The van der Waals surface area contributed by atoms with Crippen molar-refractivity contribution in [1.82, 2.24) is 0 Å². The summed E-state index contributed by atoms with van der Waals surface area (Å²) in [5.41, 5.74) is 0.538. The van der Waals surface area contributed by atoms with Crippen LogP contribution < -0.4 is 5.32 Å². The smallest absolute Gasteiger partial charge is 0.339 e. The van der Waals surface area contributed by atoms with Gasteiger partial charge < -0.3 is 14.8 Å². The van der Waals surface area contributed by atoms with Crippen LogP contribution in [0, 0.1) is 0 Å². The third-order valence-electron chi connectivity index (χ3n) is 2.57. The summed E-state index contributed by atoms with van der Waals surface area (Å²) >= 11 is 5.89. The van der Waals surface area contributed by atoms with Crippen LogP contribution in [0.4, 0.5) is 5.69 Å². The minimum absolute atomic E-state index is 0.0672. The second kappa shape index (κ2) is 5.14. The van der Waals surface area contributed by atoms with E-state index in [1.807, 2.05) is 13.0 Å². The van der Waals surface area contributed by atoms with Crippen LogP contribution in [0.1, 0.15) is 29.1 Å². The van der Waals surface area contributed by atoms with Crippen molar-refractivity contribution in [3.05, 3.63) is 52.9 Å². The highest BCUT2D eigenvalue weighted by Gasteiger charge is 2.17. The third kappa shape index (κ3) is 2.49. The number of anilines is 1. The summed E-state index contributed by atoms with van der Waals surface area (Å²) < 4.78 is 5.26. The zero-order valence-electron chi connectivity index (χ0n) is 9.68. The molecule has 2 N–H and O–H groups in total. The van der Waals surface area contributed by atoms with Crippen molar-refractivity contribution in [1.29, 1.82) is 0 Å². The maximum absolute atomic E-state index is 11.2. The first kappa shape index (κ1) is 12.5. The Morgan fingerprint density at radius 3 is 2.78 bits per heavy atom. The number of furan rings is 1. The van der Waals surface area contributed by atoms with Gasteiger partial charge >= 0.3 is 5.97 Å². The Labute approximate surface area is 109 Å². The number of carbonyl (C=O) groups is 1. The summed E-state index contributed by atoms with van der Waals surface area (Å²) in [5.74, 6) is -0.332. The lowest BCUT2D eigenvalue weighted by atomic mass is 10.1. The average molecular weight is 266 g/mol. The summed E-state index contributed by atoms with van der Waals surface area (Å²) in [5, 5.41) is 12.4. The Morgan fingerprint density at radius 2 is 2.17 bits per heavy atom. The number of rotatable bonds is 4. The molecule has 94 valence electrons. The molecule has 1 heterocycles. The summed E-state index contributed by atoms with van der Waals surface area (Å²) in [6, 6.07) is 8.39. The normalized spacial score (nSPS) is 12.1. The van der Waals surface area contributed by atoms with Gasteiger partial charge in [0, 0.05) is 0 Å². The molecule has 5 heteroatoms. The molecule has 0 saturated heterocycles. The summed E-state index contributed by atoms with van der Waals surface area (Å²) in [6.07, 6.45) is 1.57. The lowest BCUT2D eigenvalue weighted by molar-refractivity contribution is 0.0698. The summed E-state index contributed by atoms with van der Waals surface area (Å²) in [7, 11) is 0. The molecule has 1 atom stereocenters. The average Bonchev–Trinajstić information content (AvgIpc) is 2.81. The Bertz CT molecular complexity index is 551. The fourth-order valence-electron chi connectivity index (χ4n) is 1.70. The molecule has 4 nitrogen and oxygen atoms in total. The molecule has 0 spiro atoms. The minimum atomic E-state index is -1.06. The molecular weight excluding hydrogens is 254 g/mol. The van der Waals surface area contributed by atoms with Crippen molar-refractivity contribution >= 4 is 23.3 Å². The van der Waals surface area contributed by atoms with Gasteiger partial charge in [-0.2, -0.15) is 0 Å². The van der Waals surface area contributed by atoms with E-state index in [9.17, 15) is 4.79 Å². The van der Waals surface area contributed by atoms with Gasteiger partial charge in [0.2, 0.25) is 0 Å².